The minimum atomic E-state index is 0. The van der Waals surface area contributed by atoms with E-state index in [1.807, 2.05) is 0 Å². The Morgan fingerprint density at radius 3 is 2.67 bits per heavy atom. The van der Waals surface area contributed by atoms with Crippen LogP contribution in [0.4, 0.5) is 0 Å². The number of rotatable bonds is 5. The molecule has 0 spiro atoms. The Morgan fingerprint density at radius 2 is 2.05 bits per heavy atom. The fourth-order valence-corrected chi connectivity index (χ4v) is 4.06. The maximum atomic E-state index is 5.89. The van der Waals surface area contributed by atoms with Gasteiger partial charge >= 0.3 is 0 Å². The van der Waals surface area contributed by atoms with Crippen LogP contribution in [0.2, 0.25) is 0 Å². The number of hydrogen-bond donors (Lipinski definition) is 1. The lowest BCUT2D eigenvalue weighted by molar-refractivity contribution is -0.00703. The van der Waals surface area contributed by atoms with E-state index in [9.17, 15) is 0 Å². The molecule has 21 heavy (non-hydrogen) atoms. The third kappa shape index (κ3) is 3.98. The van der Waals surface area contributed by atoms with Crippen LogP contribution in [0.5, 0.6) is 0 Å². The zero-order valence-electron chi connectivity index (χ0n) is 12.9. The summed E-state index contributed by atoms with van der Waals surface area (Å²) in [5, 5.41) is 0. The third-order valence-corrected chi connectivity index (χ3v) is 5.13. The topological polar surface area (TPSA) is 32.5 Å². The molecule has 3 fully saturated rings. The first kappa shape index (κ1) is 16.8. The highest BCUT2D eigenvalue weighted by atomic mass is 35.5. The van der Waals surface area contributed by atoms with Crippen molar-refractivity contribution in [2.75, 3.05) is 33.2 Å². The second kappa shape index (κ2) is 7.59. The first-order valence-corrected chi connectivity index (χ1v) is 7.93. The standard InChI is InChI=1S/C17H27N3.ClH/c1-19(11-14-5-3-2-4-6-14)12-16-13-20-8-7-15(16)9-17(20)10-18;/h2-6,15-17H,7-13,18H2,1H3;1H/t15-,16-,17-;/m0./s1. The van der Waals surface area contributed by atoms with Crippen LogP contribution in [-0.2, 0) is 6.54 Å². The predicted octanol–water partition coefficient (Wildman–Crippen LogP) is 2.21. The molecule has 4 heteroatoms. The van der Waals surface area contributed by atoms with Gasteiger partial charge in [-0.25, -0.2) is 0 Å². The van der Waals surface area contributed by atoms with Crippen LogP contribution in [0.25, 0.3) is 0 Å². The van der Waals surface area contributed by atoms with Crippen molar-refractivity contribution in [1.82, 2.24) is 9.80 Å². The Bertz CT molecular complexity index is 425. The van der Waals surface area contributed by atoms with E-state index >= 15 is 0 Å². The van der Waals surface area contributed by atoms with E-state index < -0.39 is 0 Å². The van der Waals surface area contributed by atoms with Crippen LogP contribution in [-0.4, -0.2) is 49.1 Å². The summed E-state index contributed by atoms with van der Waals surface area (Å²) in [5.41, 5.74) is 7.30. The molecule has 3 saturated heterocycles. The van der Waals surface area contributed by atoms with Crippen molar-refractivity contribution in [3.05, 3.63) is 35.9 Å². The van der Waals surface area contributed by atoms with Gasteiger partial charge < -0.3 is 10.6 Å². The molecule has 0 saturated carbocycles. The van der Waals surface area contributed by atoms with Gasteiger partial charge in [-0.3, -0.25) is 4.90 Å². The molecule has 0 amide bonds. The lowest BCUT2D eigenvalue weighted by Gasteiger charge is -2.50. The monoisotopic (exact) mass is 309 g/mol. The van der Waals surface area contributed by atoms with Crippen molar-refractivity contribution in [2.45, 2.75) is 25.4 Å². The quantitative estimate of drug-likeness (QED) is 0.905. The third-order valence-electron chi connectivity index (χ3n) is 5.13. The second-order valence-electron chi connectivity index (χ2n) is 6.61. The van der Waals surface area contributed by atoms with Gasteiger partial charge in [-0.2, -0.15) is 0 Å². The molecule has 0 aliphatic carbocycles. The zero-order valence-corrected chi connectivity index (χ0v) is 13.8. The highest BCUT2D eigenvalue weighted by molar-refractivity contribution is 5.85. The van der Waals surface area contributed by atoms with E-state index in [1.54, 1.807) is 0 Å². The Hall–Kier alpha value is -0.610. The molecule has 118 valence electrons. The molecule has 2 bridgehead atoms. The first-order valence-electron chi connectivity index (χ1n) is 7.93. The smallest absolute Gasteiger partial charge is 0.0230 e. The van der Waals surface area contributed by atoms with Crippen LogP contribution >= 0.6 is 12.4 Å². The molecule has 1 aromatic rings. The summed E-state index contributed by atoms with van der Waals surface area (Å²) in [6.45, 7) is 5.64. The Morgan fingerprint density at radius 1 is 1.29 bits per heavy atom. The average molecular weight is 310 g/mol. The van der Waals surface area contributed by atoms with E-state index in [0.717, 1.165) is 24.9 Å². The van der Waals surface area contributed by atoms with Gasteiger partial charge in [0.2, 0.25) is 0 Å². The van der Waals surface area contributed by atoms with E-state index in [0.29, 0.717) is 6.04 Å². The molecule has 2 N–H and O–H groups in total. The van der Waals surface area contributed by atoms with Crippen molar-refractivity contribution in [3.63, 3.8) is 0 Å². The van der Waals surface area contributed by atoms with Crippen molar-refractivity contribution in [1.29, 1.82) is 0 Å². The minimum absolute atomic E-state index is 0. The number of benzene rings is 1. The van der Waals surface area contributed by atoms with Gasteiger partial charge in [0.25, 0.3) is 0 Å². The van der Waals surface area contributed by atoms with Crippen LogP contribution in [0.1, 0.15) is 18.4 Å². The highest BCUT2D eigenvalue weighted by Gasteiger charge is 2.39. The summed E-state index contributed by atoms with van der Waals surface area (Å²) in [6, 6.07) is 11.4. The fourth-order valence-electron chi connectivity index (χ4n) is 4.06. The van der Waals surface area contributed by atoms with Crippen molar-refractivity contribution < 1.29 is 0 Å². The molecule has 4 rings (SSSR count). The van der Waals surface area contributed by atoms with Gasteiger partial charge in [-0.15, -0.1) is 12.4 Å². The SMILES string of the molecule is CN(Cc1ccccc1)C[C@H]1CN2CC[C@H]1C[C@H]2CN.Cl. The Labute approximate surface area is 134 Å². The predicted molar refractivity (Wildman–Crippen MR) is 90.7 cm³/mol. The number of nitrogens with zero attached hydrogens (tertiary/aromatic N) is 2. The Kier molecular flexibility index (Phi) is 6.06. The molecule has 1 aromatic carbocycles. The second-order valence-corrected chi connectivity index (χ2v) is 6.61. The van der Waals surface area contributed by atoms with Gasteiger partial charge in [0.05, 0.1) is 0 Å². The number of hydrogen-bond acceptors (Lipinski definition) is 3. The maximum absolute atomic E-state index is 5.89. The number of piperidine rings is 3. The molecule has 4 atom stereocenters. The summed E-state index contributed by atoms with van der Waals surface area (Å²) in [4.78, 5) is 5.11. The number of nitrogens with two attached hydrogens (primary N) is 1. The normalized spacial score (nSPS) is 31.2. The van der Waals surface area contributed by atoms with Crippen LogP contribution in [0.3, 0.4) is 0 Å². The summed E-state index contributed by atoms with van der Waals surface area (Å²) in [7, 11) is 2.25. The van der Waals surface area contributed by atoms with Gasteiger partial charge in [0, 0.05) is 32.2 Å². The molecule has 0 radical (unpaired) electrons. The summed E-state index contributed by atoms with van der Waals surface area (Å²) >= 11 is 0. The van der Waals surface area contributed by atoms with Crippen LogP contribution < -0.4 is 5.73 Å². The zero-order chi connectivity index (χ0) is 13.9. The van der Waals surface area contributed by atoms with E-state index in [2.05, 4.69) is 47.2 Å². The molecular weight excluding hydrogens is 282 g/mol. The summed E-state index contributed by atoms with van der Waals surface area (Å²) in [5.74, 6) is 1.73. The molecule has 3 aliphatic rings. The van der Waals surface area contributed by atoms with Gasteiger partial charge in [0.1, 0.15) is 0 Å². The van der Waals surface area contributed by atoms with Crippen molar-refractivity contribution in [2.24, 2.45) is 17.6 Å². The van der Waals surface area contributed by atoms with Crippen LogP contribution in [0.15, 0.2) is 30.3 Å². The minimum Gasteiger partial charge on any atom is -0.329 e. The maximum Gasteiger partial charge on any atom is 0.0230 e. The Balaban J connectivity index is 0.00000161. The molecule has 3 aliphatic heterocycles. The van der Waals surface area contributed by atoms with Crippen molar-refractivity contribution in [3.8, 4) is 0 Å². The van der Waals surface area contributed by atoms with E-state index in [-0.39, 0.29) is 12.4 Å². The lowest BCUT2D eigenvalue weighted by atomic mass is 9.75. The molecule has 0 aromatic heterocycles. The van der Waals surface area contributed by atoms with Gasteiger partial charge in [-0.05, 0) is 43.8 Å². The lowest BCUT2D eigenvalue weighted by Crippen LogP contribution is -2.57. The largest absolute Gasteiger partial charge is 0.329 e. The van der Waals surface area contributed by atoms with Crippen molar-refractivity contribution >= 4 is 12.4 Å². The number of fused-ring (bicyclic) bond motifs is 3. The first-order chi connectivity index (χ1) is 9.76. The number of halogens is 1. The molecule has 1 unspecified atom stereocenters. The summed E-state index contributed by atoms with van der Waals surface area (Å²) in [6.07, 6.45) is 2.70. The summed E-state index contributed by atoms with van der Waals surface area (Å²) < 4.78 is 0. The highest BCUT2D eigenvalue weighted by Crippen LogP contribution is 2.36. The average Bonchev–Trinajstić information content (AvgIpc) is 2.48. The molecule has 3 nitrogen and oxygen atoms in total. The van der Waals surface area contributed by atoms with E-state index in [4.69, 9.17) is 5.73 Å². The molecule has 3 heterocycles. The van der Waals surface area contributed by atoms with Crippen LogP contribution in [0, 0.1) is 11.8 Å². The molecular formula is C17H28ClN3. The fraction of sp³-hybridized carbons (Fsp3) is 0.647. The van der Waals surface area contributed by atoms with Gasteiger partial charge in [0.15, 0.2) is 0 Å². The van der Waals surface area contributed by atoms with E-state index in [1.165, 1.54) is 38.0 Å². The van der Waals surface area contributed by atoms with Gasteiger partial charge in [-0.1, -0.05) is 30.3 Å².